The lowest BCUT2D eigenvalue weighted by atomic mass is 10.1. The molecule has 3 aromatic rings. The topological polar surface area (TPSA) is 70.5 Å². The summed E-state index contributed by atoms with van der Waals surface area (Å²) in [5, 5.41) is 9.86. The lowest BCUT2D eigenvalue weighted by molar-refractivity contribution is 0.0731. The van der Waals surface area contributed by atoms with Gasteiger partial charge in [0.25, 0.3) is 0 Å². The van der Waals surface area contributed by atoms with Crippen LogP contribution in [0.2, 0.25) is 0 Å². The van der Waals surface area contributed by atoms with E-state index in [0.29, 0.717) is 22.1 Å². The standard InChI is InChI=1S/C17H14N2O4S/c1-21-11-5-7-14(22-2)12(10-11)13-6-8-16(19-18-13)23-17(20)15-4-3-9-24-15/h3-10H,1-2H3. The fourth-order valence-corrected chi connectivity index (χ4v) is 2.67. The highest BCUT2D eigenvalue weighted by Crippen LogP contribution is 2.32. The van der Waals surface area contributed by atoms with Crippen molar-refractivity contribution in [3.63, 3.8) is 0 Å². The monoisotopic (exact) mass is 342 g/mol. The van der Waals surface area contributed by atoms with Crippen LogP contribution in [0.5, 0.6) is 17.4 Å². The fourth-order valence-electron chi connectivity index (χ4n) is 2.07. The molecule has 122 valence electrons. The molecule has 6 nitrogen and oxygen atoms in total. The summed E-state index contributed by atoms with van der Waals surface area (Å²) in [4.78, 5) is 12.4. The molecule has 0 saturated carbocycles. The molecule has 0 aliphatic heterocycles. The first-order chi connectivity index (χ1) is 11.7. The van der Waals surface area contributed by atoms with E-state index in [1.165, 1.54) is 11.3 Å². The first kappa shape index (κ1) is 15.9. The third-order valence-electron chi connectivity index (χ3n) is 3.24. The van der Waals surface area contributed by atoms with Crippen molar-refractivity contribution in [2.45, 2.75) is 0 Å². The van der Waals surface area contributed by atoms with Gasteiger partial charge < -0.3 is 14.2 Å². The Morgan fingerprint density at radius 3 is 2.54 bits per heavy atom. The zero-order chi connectivity index (χ0) is 16.9. The number of hydrogen-bond acceptors (Lipinski definition) is 7. The summed E-state index contributed by atoms with van der Waals surface area (Å²) in [6, 6.07) is 12.2. The van der Waals surface area contributed by atoms with Crippen molar-refractivity contribution in [2.24, 2.45) is 0 Å². The smallest absolute Gasteiger partial charge is 0.355 e. The number of thiophene rings is 1. The van der Waals surface area contributed by atoms with E-state index in [0.717, 1.165) is 5.56 Å². The number of rotatable bonds is 5. The second-order valence-corrected chi connectivity index (χ2v) is 5.64. The minimum absolute atomic E-state index is 0.138. The molecule has 3 rings (SSSR count). The molecule has 0 N–H and O–H groups in total. The maximum atomic E-state index is 11.9. The van der Waals surface area contributed by atoms with Gasteiger partial charge in [0.2, 0.25) is 5.88 Å². The van der Waals surface area contributed by atoms with Crippen molar-refractivity contribution in [3.8, 4) is 28.6 Å². The van der Waals surface area contributed by atoms with Crippen LogP contribution in [0.3, 0.4) is 0 Å². The van der Waals surface area contributed by atoms with Crippen molar-refractivity contribution >= 4 is 17.3 Å². The molecule has 0 spiro atoms. The van der Waals surface area contributed by atoms with Gasteiger partial charge in [0.05, 0.1) is 19.9 Å². The van der Waals surface area contributed by atoms with Crippen LogP contribution < -0.4 is 14.2 Å². The van der Waals surface area contributed by atoms with E-state index in [9.17, 15) is 4.79 Å². The van der Waals surface area contributed by atoms with Crippen molar-refractivity contribution in [1.29, 1.82) is 0 Å². The third kappa shape index (κ3) is 3.36. The lowest BCUT2D eigenvalue weighted by Gasteiger charge is -2.09. The Bertz CT molecular complexity index is 832. The van der Waals surface area contributed by atoms with Gasteiger partial charge in [0.15, 0.2) is 0 Å². The summed E-state index contributed by atoms with van der Waals surface area (Å²) in [5.74, 6) is 1.01. The molecule has 24 heavy (non-hydrogen) atoms. The van der Waals surface area contributed by atoms with Gasteiger partial charge >= 0.3 is 5.97 Å². The number of benzene rings is 1. The van der Waals surface area contributed by atoms with Gasteiger partial charge in [-0.25, -0.2) is 4.79 Å². The zero-order valence-electron chi connectivity index (χ0n) is 13.1. The molecule has 2 heterocycles. The molecule has 0 bridgehead atoms. The molecule has 1 aromatic carbocycles. The molecule has 0 aliphatic rings. The number of aromatic nitrogens is 2. The second kappa shape index (κ2) is 7.10. The predicted molar refractivity (Wildman–Crippen MR) is 89.8 cm³/mol. The van der Waals surface area contributed by atoms with Gasteiger partial charge in [-0.1, -0.05) is 6.07 Å². The summed E-state index contributed by atoms with van der Waals surface area (Å²) in [6.45, 7) is 0. The number of nitrogens with zero attached hydrogens (tertiary/aromatic N) is 2. The molecule has 0 atom stereocenters. The largest absolute Gasteiger partial charge is 0.497 e. The van der Waals surface area contributed by atoms with Crippen LogP contribution in [-0.2, 0) is 0 Å². The Morgan fingerprint density at radius 1 is 1.04 bits per heavy atom. The number of esters is 1. The molecule has 0 fully saturated rings. The molecule has 7 heteroatoms. The third-order valence-corrected chi connectivity index (χ3v) is 4.09. The molecule has 0 saturated heterocycles. The molecular weight excluding hydrogens is 328 g/mol. The van der Waals surface area contributed by atoms with Crippen molar-refractivity contribution in [3.05, 3.63) is 52.7 Å². The molecule has 0 amide bonds. The average molecular weight is 342 g/mol. The van der Waals surface area contributed by atoms with Crippen LogP contribution in [0.4, 0.5) is 0 Å². The molecule has 0 unspecified atom stereocenters. The highest BCUT2D eigenvalue weighted by molar-refractivity contribution is 7.12. The molecule has 2 aromatic heterocycles. The van der Waals surface area contributed by atoms with E-state index < -0.39 is 5.97 Å². The maximum absolute atomic E-state index is 11.9. The first-order valence-corrected chi connectivity index (χ1v) is 7.91. The number of carbonyl (C=O) groups excluding carboxylic acids is 1. The van der Waals surface area contributed by atoms with Crippen LogP contribution in [0.25, 0.3) is 11.3 Å². The quantitative estimate of drug-likeness (QED) is 0.662. The Balaban J connectivity index is 1.83. The van der Waals surface area contributed by atoms with Crippen LogP contribution in [0.15, 0.2) is 47.8 Å². The summed E-state index contributed by atoms with van der Waals surface area (Å²) in [5.41, 5.74) is 1.32. The van der Waals surface area contributed by atoms with E-state index in [-0.39, 0.29) is 5.88 Å². The Morgan fingerprint density at radius 2 is 1.92 bits per heavy atom. The number of methoxy groups -OCH3 is 2. The minimum Gasteiger partial charge on any atom is -0.497 e. The van der Waals surface area contributed by atoms with Crippen molar-refractivity contribution in [1.82, 2.24) is 10.2 Å². The number of ether oxygens (including phenoxy) is 3. The van der Waals surface area contributed by atoms with Crippen LogP contribution in [0.1, 0.15) is 9.67 Å². The molecular formula is C17H14N2O4S. The zero-order valence-corrected chi connectivity index (χ0v) is 13.9. The van der Waals surface area contributed by atoms with Crippen LogP contribution in [-0.4, -0.2) is 30.4 Å². The average Bonchev–Trinajstić information content (AvgIpc) is 3.16. The van der Waals surface area contributed by atoms with Crippen LogP contribution >= 0.6 is 11.3 Å². The minimum atomic E-state index is -0.453. The number of hydrogen-bond donors (Lipinski definition) is 0. The normalized spacial score (nSPS) is 10.2. The van der Waals surface area contributed by atoms with E-state index in [2.05, 4.69) is 10.2 Å². The van der Waals surface area contributed by atoms with Gasteiger partial charge in [-0.3, -0.25) is 0 Å². The lowest BCUT2D eigenvalue weighted by Crippen LogP contribution is -2.08. The SMILES string of the molecule is COc1ccc(OC)c(-c2ccc(OC(=O)c3cccs3)nn2)c1. The molecule has 0 aliphatic carbocycles. The molecule has 0 radical (unpaired) electrons. The summed E-state index contributed by atoms with van der Waals surface area (Å²) < 4.78 is 15.8. The summed E-state index contributed by atoms with van der Waals surface area (Å²) in [7, 11) is 3.17. The van der Waals surface area contributed by atoms with E-state index in [4.69, 9.17) is 14.2 Å². The second-order valence-electron chi connectivity index (χ2n) is 4.69. The first-order valence-electron chi connectivity index (χ1n) is 7.03. The highest BCUT2D eigenvalue weighted by Gasteiger charge is 2.13. The van der Waals surface area contributed by atoms with Crippen molar-refractivity contribution in [2.75, 3.05) is 14.2 Å². The maximum Gasteiger partial charge on any atom is 0.355 e. The number of carbonyl (C=O) groups is 1. The Hall–Kier alpha value is -2.93. The van der Waals surface area contributed by atoms with Gasteiger partial charge in [-0.15, -0.1) is 21.5 Å². The predicted octanol–water partition coefficient (Wildman–Crippen LogP) is 3.44. The summed E-state index contributed by atoms with van der Waals surface area (Å²) in [6.07, 6.45) is 0. The van der Waals surface area contributed by atoms with E-state index in [1.54, 1.807) is 62.1 Å². The van der Waals surface area contributed by atoms with Gasteiger partial charge in [-0.2, -0.15) is 0 Å². The van der Waals surface area contributed by atoms with Gasteiger partial charge in [0, 0.05) is 11.6 Å². The fraction of sp³-hybridized carbons (Fsp3) is 0.118. The summed E-state index contributed by atoms with van der Waals surface area (Å²) >= 11 is 1.31. The Kier molecular flexibility index (Phi) is 4.72. The van der Waals surface area contributed by atoms with Gasteiger partial charge in [-0.05, 0) is 35.7 Å². The van der Waals surface area contributed by atoms with Gasteiger partial charge in [0.1, 0.15) is 16.4 Å². The highest BCUT2D eigenvalue weighted by atomic mass is 32.1. The van der Waals surface area contributed by atoms with Crippen LogP contribution in [0, 0.1) is 0 Å². The van der Waals surface area contributed by atoms with E-state index >= 15 is 0 Å². The Labute approximate surface area is 142 Å². The van der Waals surface area contributed by atoms with Crippen molar-refractivity contribution < 1.29 is 19.0 Å². The van der Waals surface area contributed by atoms with E-state index in [1.807, 2.05) is 0 Å².